The zero-order valence-corrected chi connectivity index (χ0v) is 20.0. The molecule has 0 saturated carbocycles. The molecule has 0 unspecified atom stereocenters. The van der Waals surface area contributed by atoms with Crippen molar-refractivity contribution in [3.05, 3.63) is 12.7 Å². The van der Waals surface area contributed by atoms with Gasteiger partial charge in [-0.1, -0.05) is 47.6 Å². The summed E-state index contributed by atoms with van der Waals surface area (Å²) in [5, 5.41) is 0. The predicted molar refractivity (Wildman–Crippen MR) is 105 cm³/mol. The van der Waals surface area contributed by atoms with Crippen molar-refractivity contribution < 1.29 is 13.3 Å². The number of hydrogen-bond donors (Lipinski definition) is 0. The fraction of sp³-hybridized carbons (Fsp3) is 0.875. The summed E-state index contributed by atoms with van der Waals surface area (Å²) in [5.41, 5.74) is 0. The van der Waals surface area contributed by atoms with Crippen LogP contribution < -0.4 is 0 Å². The molecule has 0 aromatic heterocycles. The van der Waals surface area contributed by atoms with Crippen LogP contribution in [0.25, 0.3) is 0 Å². The Balaban J connectivity index is 5.60. The van der Waals surface area contributed by atoms with Crippen molar-refractivity contribution in [2.45, 2.75) is 90.2 Å². The van der Waals surface area contributed by atoms with Gasteiger partial charge in [0.05, 0.1) is 0 Å². The largest absolute Gasteiger partial charge is 0.381 e. The third-order valence-corrected chi connectivity index (χ3v) is 15.2. The second kappa shape index (κ2) is 10.2. The van der Waals surface area contributed by atoms with Crippen LogP contribution in [0.4, 0.5) is 0 Å². The maximum atomic E-state index is 6.72. The second-order valence-electron chi connectivity index (χ2n) is 6.07. The van der Waals surface area contributed by atoms with Crippen LogP contribution in [0.2, 0.25) is 36.3 Å². The van der Waals surface area contributed by atoms with E-state index in [2.05, 4.69) is 48.1 Å². The van der Waals surface area contributed by atoms with Crippen molar-refractivity contribution in [3.63, 3.8) is 0 Å². The summed E-state index contributed by atoms with van der Waals surface area (Å²) in [5.74, 6) is -0.865. The molecule has 0 atom stereocenters. The third-order valence-electron chi connectivity index (χ3n) is 5.32. The predicted octanol–water partition coefficient (Wildman–Crippen LogP) is 4.56. The molecule has 0 aliphatic heterocycles. The van der Waals surface area contributed by atoms with Crippen molar-refractivity contribution in [3.8, 4) is 0 Å². The number of rotatable bonds is 13. The van der Waals surface area contributed by atoms with E-state index in [0.717, 1.165) is 36.3 Å². The molecule has 0 aliphatic carbocycles. The fourth-order valence-electron chi connectivity index (χ4n) is 3.04. The minimum atomic E-state index is -1.80. The monoisotopic (exact) mass is 362 g/mol. The first-order chi connectivity index (χ1) is 10.4. The highest BCUT2D eigenvalue weighted by Gasteiger charge is 2.46. The molecule has 0 aliphatic rings. The summed E-state index contributed by atoms with van der Waals surface area (Å²) in [6.07, 6.45) is 2.51. The Labute approximate surface area is 143 Å². The normalized spacial score (nSPS) is 13.5. The van der Waals surface area contributed by atoms with Crippen molar-refractivity contribution in [2.75, 3.05) is 0 Å². The minimum Gasteiger partial charge on any atom is -0.381 e. The molecule has 0 saturated heterocycles. The smallest absolute Gasteiger partial charge is 0.257 e. The lowest BCUT2D eigenvalue weighted by Gasteiger charge is -2.46. The zero-order chi connectivity index (χ0) is 17.3. The molecule has 132 valence electrons. The van der Waals surface area contributed by atoms with Gasteiger partial charge in [0.2, 0.25) is 0 Å². The van der Waals surface area contributed by atoms with E-state index in [0.29, 0.717) is 16.9 Å². The van der Waals surface area contributed by atoms with Crippen LogP contribution in [0.15, 0.2) is 12.7 Å². The molecular weight excluding hydrogens is 324 g/mol. The summed E-state index contributed by atoms with van der Waals surface area (Å²) >= 11 is 0. The van der Waals surface area contributed by atoms with E-state index in [1.165, 1.54) is 0 Å². The fourth-order valence-corrected chi connectivity index (χ4v) is 9.39. The first kappa shape index (κ1) is 22.3. The van der Waals surface area contributed by atoms with Gasteiger partial charge < -0.3 is 13.3 Å². The van der Waals surface area contributed by atoms with E-state index < -0.39 is 22.6 Å². The van der Waals surface area contributed by atoms with Gasteiger partial charge in [-0.3, -0.25) is 0 Å². The molecule has 0 spiro atoms. The van der Waals surface area contributed by atoms with Crippen LogP contribution in [0, 0.1) is 0 Å². The SMILES string of the molecule is C=CCC(O[SiH3])(O[Si](CC)(CC)CC)O[Si](CC)(CC)CC. The summed E-state index contributed by atoms with van der Waals surface area (Å²) in [4.78, 5) is 0. The Morgan fingerprint density at radius 3 is 1.32 bits per heavy atom. The molecule has 0 aromatic carbocycles. The molecule has 0 aromatic rings. The lowest BCUT2D eigenvalue weighted by molar-refractivity contribution is -0.262. The molecule has 0 heterocycles. The van der Waals surface area contributed by atoms with Crippen molar-refractivity contribution >= 4 is 27.1 Å². The average Bonchev–Trinajstić information content (AvgIpc) is 2.58. The van der Waals surface area contributed by atoms with Gasteiger partial charge in [-0.05, 0) is 36.3 Å². The minimum absolute atomic E-state index is 0.609. The average molecular weight is 363 g/mol. The molecule has 0 rings (SSSR count). The van der Waals surface area contributed by atoms with Crippen LogP contribution in [0.3, 0.4) is 0 Å². The Bertz CT molecular complexity index is 277. The van der Waals surface area contributed by atoms with Gasteiger partial charge in [0.15, 0.2) is 27.1 Å². The van der Waals surface area contributed by atoms with E-state index in [1.807, 2.05) is 6.08 Å². The molecule has 0 amide bonds. The van der Waals surface area contributed by atoms with Crippen molar-refractivity contribution in [2.24, 2.45) is 0 Å². The highest BCUT2D eigenvalue weighted by atomic mass is 28.4. The lowest BCUT2D eigenvalue weighted by atomic mass is 10.4. The third kappa shape index (κ3) is 5.42. The van der Waals surface area contributed by atoms with Gasteiger partial charge >= 0.3 is 0 Å². The molecule has 6 heteroatoms. The highest BCUT2D eigenvalue weighted by molar-refractivity contribution is 6.74. The Morgan fingerprint density at radius 1 is 0.818 bits per heavy atom. The maximum absolute atomic E-state index is 6.72. The van der Waals surface area contributed by atoms with Gasteiger partial charge in [-0.2, -0.15) is 0 Å². The lowest BCUT2D eigenvalue weighted by Crippen LogP contribution is -2.55. The van der Waals surface area contributed by atoms with Crippen LogP contribution in [-0.2, 0) is 13.3 Å². The van der Waals surface area contributed by atoms with Gasteiger partial charge in [0.1, 0.15) is 0 Å². The summed E-state index contributed by atoms with van der Waals surface area (Å²) in [6, 6.07) is 6.62. The highest BCUT2D eigenvalue weighted by Crippen LogP contribution is 2.36. The van der Waals surface area contributed by atoms with Crippen molar-refractivity contribution in [1.82, 2.24) is 0 Å². The summed E-state index contributed by atoms with van der Waals surface area (Å²) in [6.45, 7) is 17.4. The zero-order valence-electron chi connectivity index (χ0n) is 16.0. The van der Waals surface area contributed by atoms with E-state index >= 15 is 0 Å². The van der Waals surface area contributed by atoms with Gasteiger partial charge in [-0.15, -0.1) is 6.58 Å². The molecule has 0 N–H and O–H groups in total. The molecule has 3 nitrogen and oxygen atoms in total. The van der Waals surface area contributed by atoms with E-state index in [-0.39, 0.29) is 0 Å². The van der Waals surface area contributed by atoms with Gasteiger partial charge in [-0.25, -0.2) is 0 Å². The van der Waals surface area contributed by atoms with E-state index in [9.17, 15) is 0 Å². The quantitative estimate of drug-likeness (QED) is 0.273. The summed E-state index contributed by atoms with van der Waals surface area (Å²) in [7, 11) is -3.00. The van der Waals surface area contributed by atoms with Crippen LogP contribution in [0.5, 0.6) is 0 Å². The molecule has 0 radical (unpaired) electrons. The Hall–Kier alpha value is 0.271. The van der Waals surface area contributed by atoms with Gasteiger partial charge in [0.25, 0.3) is 5.97 Å². The Kier molecular flexibility index (Phi) is 10.3. The number of hydrogen-bond acceptors (Lipinski definition) is 3. The second-order valence-corrected chi connectivity index (χ2v) is 15.9. The molecule has 0 bridgehead atoms. The molecular formula is C16H38O3Si3. The first-order valence-electron chi connectivity index (χ1n) is 8.96. The van der Waals surface area contributed by atoms with Gasteiger partial charge in [0, 0.05) is 6.42 Å². The first-order valence-corrected chi connectivity index (χ1v) is 14.8. The van der Waals surface area contributed by atoms with E-state index in [1.54, 1.807) is 0 Å². The molecule has 22 heavy (non-hydrogen) atoms. The van der Waals surface area contributed by atoms with Crippen LogP contribution in [0.1, 0.15) is 48.0 Å². The van der Waals surface area contributed by atoms with E-state index in [4.69, 9.17) is 13.3 Å². The molecule has 0 fully saturated rings. The maximum Gasteiger partial charge on any atom is 0.257 e. The Morgan fingerprint density at radius 2 is 1.14 bits per heavy atom. The van der Waals surface area contributed by atoms with Crippen molar-refractivity contribution in [1.29, 1.82) is 0 Å². The summed E-state index contributed by atoms with van der Waals surface area (Å²) < 4.78 is 19.4. The van der Waals surface area contributed by atoms with Crippen LogP contribution in [-0.4, -0.2) is 33.1 Å². The topological polar surface area (TPSA) is 27.7 Å². The standard InChI is InChI=1S/C16H38O3Si3/c1-8-15-16(17-20,18-21(9-2,10-3)11-4)19-22(12-5,13-6)14-7/h8H,1,9-15H2,2-7,20H3. The van der Waals surface area contributed by atoms with Crippen LogP contribution >= 0.6 is 0 Å².